The number of aliphatic hydroxyl groups is 1. The van der Waals surface area contributed by atoms with Crippen molar-refractivity contribution < 1.29 is 14.6 Å². The minimum absolute atomic E-state index is 0.411. The first-order chi connectivity index (χ1) is 6.62. The zero-order valence-corrected chi connectivity index (χ0v) is 8.88. The van der Waals surface area contributed by atoms with Crippen molar-refractivity contribution in [3.8, 4) is 0 Å². The molecular weight excluding hydrogens is 180 g/mol. The molecule has 1 unspecified atom stereocenters. The van der Waals surface area contributed by atoms with E-state index in [1.54, 1.807) is 0 Å². The van der Waals surface area contributed by atoms with Crippen molar-refractivity contribution in [2.75, 3.05) is 13.2 Å². The minimum atomic E-state index is -0.985. The molecule has 0 aromatic heterocycles. The van der Waals surface area contributed by atoms with Gasteiger partial charge in [0, 0.05) is 6.42 Å². The van der Waals surface area contributed by atoms with Crippen molar-refractivity contribution in [3.05, 3.63) is 24.0 Å². The van der Waals surface area contributed by atoms with Crippen molar-refractivity contribution in [1.29, 1.82) is 0 Å². The summed E-state index contributed by atoms with van der Waals surface area (Å²) in [4.78, 5) is 0. The number of hydrogen-bond acceptors (Lipinski definition) is 3. The van der Waals surface area contributed by atoms with E-state index in [-0.39, 0.29) is 0 Å². The Kier molecular flexibility index (Phi) is 3.72. The molecule has 0 spiro atoms. The lowest BCUT2D eigenvalue weighted by atomic mass is 10.0. The highest BCUT2D eigenvalue weighted by Gasteiger charge is 2.45. The summed E-state index contributed by atoms with van der Waals surface area (Å²) in [7, 11) is 0. The van der Waals surface area contributed by atoms with Crippen LogP contribution < -0.4 is 0 Å². The number of hydrogen-bond donors (Lipinski definition) is 1. The number of ether oxygens (including phenoxy) is 2. The molecule has 80 valence electrons. The molecule has 1 fully saturated rings. The molecule has 1 atom stereocenters. The average molecular weight is 198 g/mol. The zero-order chi connectivity index (χ0) is 10.6. The van der Waals surface area contributed by atoms with Crippen LogP contribution in [0.1, 0.15) is 26.7 Å². The van der Waals surface area contributed by atoms with Crippen LogP contribution in [0.15, 0.2) is 24.0 Å². The van der Waals surface area contributed by atoms with Gasteiger partial charge in [-0.15, -0.1) is 0 Å². The van der Waals surface area contributed by atoms with E-state index in [2.05, 4.69) is 6.58 Å². The summed E-state index contributed by atoms with van der Waals surface area (Å²) >= 11 is 0. The van der Waals surface area contributed by atoms with Crippen LogP contribution in [0.4, 0.5) is 0 Å². The number of allylic oxidation sites excluding steroid dienone is 2. The van der Waals surface area contributed by atoms with Crippen molar-refractivity contribution in [3.63, 3.8) is 0 Å². The fraction of sp³-hybridized carbons (Fsp3) is 0.636. The molecule has 1 aliphatic heterocycles. The molecule has 3 heteroatoms. The van der Waals surface area contributed by atoms with Crippen LogP contribution in [0.3, 0.4) is 0 Å². The smallest absolute Gasteiger partial charge is 0.212 e. The van der Waals surface area contributed by atoms with E-state index in [0.717, 1.165) is 24.2 Å². The van der Waals surface area contributed by atoms with Crippen LogP contribution >= 0.6 is 0 Å². The van der Waals surface area contributed by atoms with Crippen molar-refractivity contribution >= 4 is 0 Å². The third kappa shape index (κ3) is 2.86. The maximum absolute atomic E-state index is 9.67. The lowest BCUT2D eigenvalue weighted by Gasteiger charge is -2.11. The Morgan fingerprint density at radius 2 is 2.29 bits per heavy atom. The molecule has 0 aromatic carbocycles. The molecule has 1 N–H and O–H groups in total. The normalized spacial score (nSPS) is 26.1. The van der Waals surface area contributed by atoms with Crippen LogP contribution in [-0.2, 0) is 9.47 Å². The molecule has 1 rings (SSSR count). The molecule has 3 nitrogen and oxygen atoms in total. The highest BCUT2D eigenvalue weighted by Crippen LogP contribution is 2.34. The fourth-order valence-electron chi connectivity index (χ4n) is 1.37. The largest absolute Gasteiger partial charge is 0.499 e. The van der Waals surface area contributed by atoms with Crippen molar-refractivity contribution in [2.24, 2.45) is 0 Å². The van der Waals surface area contributed by atoms with Gasteiger partial charge in [-0.05, 0) is 25.8 Å². The maximum Gasteiger partial charge on any atom is 0.212 e. The Hall–Kier alpha value is -0.800. The second kappa shape index (κ2) is 4.62. The Bertz CT molecular complexity index is 239. The summed E-state index contributed by atoms with van der Waals surface area (Å²) in [5.41, 5.74) is 0.915. The zero-order valence-electron chi connectivity index (χ0n) is 8.88. The summed E-state index contributed by atoms with van der Waals surface area (Å²) in [5.74, 6) is -0.225. The average Bonchev–Trinajstić information content (AvgIpc) is 2.86. The standard InChI is InChI=1S/C11H18O3/c1-4-10(11(12)8-14-11)7-6-9(3)13-5-2/h4,12H,3,5-8H2,1-2H3. The Balaban J connectivity index is 2.32. The highest BCUT2D eigenvalue weighted by molar-refractivity contribution is 5.18. The predicted octanol–water partition coefficient (Wildman–Crippen LogP) is 1.98. The molecular formula is C11H18O3. The lowest BCUT2D eigenvalue weighted by molar-refractivity contribution is 0.0672. The molecule has 0 radical (unpaired) electrons. The topological polar surface area (TPSA) is 42.0 Å². The SMILES string of the molecule is C=C(CCC(=CC)C1(O)CO1)OCC. The van der Waals surface area contributed by atoms with Gasteiger partial charge in [0.15, 0.2) is 0 Å². The summed E-state index contributed by atoms with van der Waals surface area (Å²) < 4.78 is 10.2. The summed E-state index contributed by atoms with van der Waals surface area (Å²) in [5, 5.41) is 9.67. The fourth-order valence-corrected chi connectivity index (χ4v) is 1.37. The summed E-state index contributed by atoms with van der Waals surface area (Å²) in [6.45, 7) is 8.67. The van der Waals surface area contributed by atoms with Gasteiger partial charge >= 0.3 is 0 Å². The molecule has 0 amide bonds. The molecule has 0 aromatic rings. The quantitative estimate of drug-likeness (QED) is 0.403. The van der Waals surface area contributed by atoms with E-state index in [4.69, 9.17) is 9.47 Å². The first-order valence-corrected chi connectivity index (χ1v) is 4.95. The Morgan fingerprint density at radius 3 is 2.71 bits per heavy atom. The Morgan fingerprint density at radius 1 is 1.64 bits per heavy atom. The molecule has 14 heavy (non-hydrogen) atoms. The monoisotopic (exact) mass is 198 g/mol. The van der Waals surface area contributed by atoms with E-state index in [1.165, 1.54) is 0 Å². The molecule has 0 saturated carbocycles. The van der Waals surface area contributed by atoms with E-state index >= 15 is 0 Å². The van der Waals surface area contributed by atoms with Gasteiger partial charge in [0.25, 0.3) is 0 Å². The second-order valence-electron chi connectivity index (χ2n) is 3.36. The van der Waals surface area contributed by atoms with Gasteiger partial charge in [-0.1, -0.05) is 12.7 Å². The van der Waals surface area contributed by atoms with Crippen LogP contribution in [0.5, 0.6) is 0 Å². The van der Waals surface area contributed by atoms with E-state index in [1.807, 2.05) is 19.9 Å². The van der Waals surface area contributed by atoms with Gasteiger partial charge in [0.1, 0.15) is 6.61 Å². The van der Waals surface area contributed by atoms with Gasteiger partial charge in [0.2, 0.25) is 5.79 Å². The van der Waals surface area contributed by atoms with Crippen LogP contribution in [0.25, 0.3) is 0 Å². The van der Waals surface area contributed by atoms with Gasteiger partial charge < -0.3 is 14.6 Å². The van der Waals surface area contributed by atoms with E-state index < -0.39 is 5.79 Å². The minimum Gasteiger partial charge on any atom is -0.499 e. The van der Waals surface area contributed by atoms with Crippen LogP contribution in [0, 0.1) is 0 Å². The number of epoxide rings is 1. The van der Waals surface area contributed by atoms with Crippen molar-refractivity contribution in [1.82, 2.24) is 0 Å². The van der Waals surface area contributed by atoms with Crippen molar-refractivity contribution in [2.45, 2.75) is 32.5 Å². The van der Waals surface area contributed by atoms with Gasteiger partial charge in [-0.25, -0.2) is 0 Å². The van der Waals surface area contributed by atoms with E-state index in [0.29, 0.717) is 13.2 Å². The number of rotatable bonds is 6. The maximum atomic E-state index is 9.67. The van der Waals surface area contributed by atoms with Crippen LogP contribution in [0.2, 0.25) is 0 Å². The second-order valence-corrected chi connectivity index (χ2v) is 3.36. The predicted molar refractivity (Wildman–Crippen MR) is 54.7 cm³/mol. The summed E-state index contributed by atoms with van der Waals surface area (Å²) in [6, 6.07) is 0. The first kappa shape index (κ1) is 11.3. The third-order valence-electron chi connectivity index (χ3n) is 2.29. The first-order valence-electron chi connectivity index (χ1n) is 4.95. The molecule has 1 heterocycles. The summed E-state index contributed by atoms with van der Waals surface area (Å²) in [6.07, 6.45) is 3.37. The molecule has 0 aliphatic carbocycles. The lowest BCUT2D eigenvalue weighted by Crippen LogP contribution is -2.13. The van der Waals surface area contributed by atoms with Gasteiger partial charge in [-0.3, -0.25) is 0 Å². The highest BCUT2D eigenvalue weighted by atomic mass is 16.7. The Labute approximate surface area is 85.0 Å². The third-order valence-corrected chi connectivity index (χ3v) is 2.29. The molecule has 0 bridgehead atoms. The molecule has 1 saturated heterocycles. The van der Waals surface area contributed by atoms with E-state index in [9.17, 15) is 5.11 Å². The van der Waals surface area contributed by atoms with Gasteiger partial charge in [-0.2, -0.15) is 0 Å². The van der Waals surface area contributed by atoms with Gasteiger partial charge in [0.05, 0.1) is 12.4 Å². The van der Waals surface area contributed by atoms with Crippen LogP contribution in [-0.4, -0.2) is 24.1 Å². The molecule has 1 aliphatic rings.